The van der Waals surface area contributed by atoms with Gasteiger partial charge in [0.2, 0.25) is 0 Å². The van der Waals surface area contributed by atoms with Crippen LogP contribution in [0, 0.1) is 11.6 Å². The Morgan fingerprint density at radius 3 is 2.48 bits per heavy atom. The summed E-state index contributed by atoms with van der Waals surface area (Å²) in [7, 11) is 1.65. The van der Waals surface area contributed by atoms with Gasteiger partial charge in [0.15, 0.2) is 5.13 Å². The van der Waals surface area contributed by atoms with E-state index in [0.29, 0.717) is 5.69 Å². The number of carbonyl (C=O) groups is 1. The molecule has 2 aromatic carbocycles. The van der Waals surface area contributed by atoms with Crippen molar-refractivity contribution >= 4 is 28.1 Å². The fourth-order valence-corrected chi connectivity index (χ4v) is 4.25. The van der Waals surface area contributed by atoms with E-state index in [4.69, 9.17) is 4.74 Å². The summed E-state index contributed by atoms with van der Waals surface area (Å²) in [6.07, 6.45) is 0. The monoisotopic (exact) mass is 444 g/mol. The lowest BCUT2D eigenvalue weighted by molar-refractivity contribution is 0.0946. The minimum Gasteiger partial charge on any atom is -0.497 e. The maximum absolute atomic E-state index is 13.7. The number of hydrogen-bond donors (Lipinski definition) is 1. The second-order valence-corrected chi connectivity index (χ2v) is 7.94. The Morgan fingerprint density at radius 2 is 1.81 bits per heavy atom. The van der Waals surface area contributed by atoms with Crippen molar-refractivity contribution in [3.8, 4) is 5.75 Å². The summed E-state index contributed by atoms with van der Waals surface area (Å²) in [5.74, 6) is -0.890. The Hall–Kier alpha value is -3.20. The number of hydrogen-bond acceptors (Lipinski definition) is 6. The SMILES string of the molecule is COc1ccc(N2CCN(c3nc(C(=O)NCc4ccc(F)cc4F)cs3)CC2)cc1. The van der Waals surface area contributed by atoms with E-state index in [9.17, 15) is 13.6 Å². The Bertz CT molecular complexity index is 1050. The van der Waals surface area contributed by atoms with Crippen molar-refractivity contribution < 1.29 is 18.3 Å². The number of piperazine rings is 1. The summed E-state index contributed by atoms with van der Waals surface area (Å²) in [6, 6.07) is 11.3. The molecule has 162 valence electrons. The topological polar surface area (TPSA) is 57.7 Å². The normalized spacial score (nSPS) is 13.9. The molecule has 0 atom stereocenters. The fourth-order valence-electron chi connectivity index (χ4n) is 3.39. The molecule has 1 amide bonds. The van der Waals surface area contributed by atoms with E-state index >= 15 is 0 Å². The van der Waals surface area contributed by atoms with Crippen molar-refractivity contribution in [2.75, 3.05) is 43.1 Å². The van der Waals surface area contributed by atoms with Crippen LogP contribution in [0.5, 0.6) is 5.75 Å². The van der Waals surface area contributed by atoms with E-state index in [-0.39, 0.29) is 18.0 Å². The largest absolute Gasteiger partial charge is 0.497 e. The molecule has 0 radical (unpaired) electrons. The van der Waals surface area contributed by atoms with Crippen LogP contribution < -0.4 is 19.9 Å². The van der Waals surface area contributed by atoms with Gasteiger partial charge < -0.3 is 19.9 Å². The van der Waals surface area contributed by atoms with Gasteiger partial charge in [-0.15, -0.1) is 11.3 Å². The summed E-state index contributed by atoms with van der Waals surface area (Å²) < 4.78 is 31.9. The second-order valence-electron chi connectivity index (χ2n) is 7.11. The summed E-state index contributed by atoms with van der Waals surface area (Å²) in [4.78, 5) is 21.3. The number of nitrogens with zero attached hydrogens (tertiary/aromatic N) is 3. The minimum absolute atomic E-state index is 0.0294. The third-order valence-electron chi connectivity index (χ3n) is 5.17. The zero-order valence-electron chi connectivity index (χ0n) is 17.0. The van der Waals surface area contributed by atoms with Crippen LogP contribution >= 0.6 is 11.3 Å². The molecule has 0 aliphatic carbocycles. The zero-order chi connectivity index (χ0) is 21.8. The smallest absolute Gasteiger partial charge is 0.271 e. The van der Waals surface area contributed by atoms with Gasteiger partial charge in [-0.1, -0.05) is 6.07 Å². The van der Waals surface area contributed by atoms with E-state index in [1.807, 2.05) is 24.3 Å². The highest BCUT2D eigenvalue weighted by Crippen LogP contribution is 2.25. The molecule has 3 aromatic rings. The summed E-state index contributed by atoms with van der Waals surface area (Å²) >= 11 is 1.41. The molecule has 1 saturated heterocycles. The van der Waals surface area contributed by atoms with Crippen LogP contribution in [0.2, 0.25) is 0 Å². The van der Waals surface area contributed by atoms with Crippen molar-refractivity contribution in [3.05, 3.63) is 70.7 Å². The number of anilines is 2. The number of methoxy groups -OCH3 is 1. The number of thiazole rings is 1. The Kier molecular flexibility index (Phi) is 6.31. The molecule has 0 spiro atoms. The van der Waals surface area contributed by atoms with E-state index in [0.717, 1.165) is 54.9 Å². The first-order chi connectivity index (χ1) is 15.0. The number of ether oxygens (including phenoxy) is 1. The molecule has 6 nitrogen and oxygen atoms in total. The maximum Gasteiger partial charge on any atom is 0.271 e. The number of rotatable bonds is 6. The molecule has 31 heavy (non-hydrogen) atoms. The number of benzene rings is 2. The lowest BCUT2D eigenvalue weighted by atomic mass is 10.2. The molecular formula is C22H22F2N4O2S. The van der Waals surface area contributed by atoms with E-state index in [2.05, 4.69) is 20.1 Å². The molecule has 0 saturated carbocycles. The van der Waals surface area contributed by atoms with Gasteiger partial charge in [0.1, 0.15) is 23.1 Å². The Balaban J connectivity index is 1.31. The van der Waals surface area contributed by atoms with Crippen molar-refractivity contribution in [3.63, 3.8) is 0 Å². The Labute approximate surface area is 183 Å². The number of amides is 1. The van der Waals surface area contributed by atoms with Crippen LogP contribution in [-0.4, -0.2) is 44.2 Å². The standard InChI is InChI=1S/C22H22F2N4O2S/c1-30-18-6-4-17(5-7-18)27-8-10-28(11-9-27)22-26-20(14-31-22)21(29)25-13-15-2-3-16(23)12-19(15)24/h2-7,12,14H,8-11,13H2,1H3,(H,25,29). The molecular weight excluding hydrogens is 422 g/mol. The number of aromatic nitrogens is 1. The molecule has 0 bridgehead atoms. The molecule has 1 aliphatic rings. The fraction of sp³-hybridized carbons (Fsp3) is 0.273. The van der Waals surface area contributed by atoms with Gasteiger partial charge in [-0.2, -0.15) is 0 Å². The molecule has 1 N–H and O–H groups in total. The maximum atomic E-state index is 13.7. The predicted molar refractivity (Wildman–Crippen MR) is 117 cm³/mol. The van der Waals surface area contributed by atoms with Crippen LogP contribution in [0.4, 0.5) is 19.6 Å². The highest BCUT2D eigenvalue weighted by molar-refractivity contribution is 7.13. The number of nitrogens with one attached hydrogen (secondary N) is 1. The summed E-state index contributed by atoms with van der Waals surface area (Å²) in [5, 5.41) is 5.12. The molecule has 1 aliphatic heterocycles. The first-order valence-corrected chi connectivity index (χ1v) is 10.7. The first kappa shape index (κ1) is 21.0. The lowest BCUT2D eigenvalue weighted by Gasteiger charge is -2.36. The third kappa shape index (κ3) is 4.93. The van der Waals surface area contributed by atoms with Gasteiger partial charge in [0.25, 0.3) is 5.91 Å². The highest BCUT2D eigenvalue weighted by atomic mass is 32.1. The van der Waals surface area contributed by atoms with Gasteiger partial charge in [0.05, 0.1) is 7.11 Å². The van der Waals surface area contributed by atoms with Gasteiger partial charge >= 0.3 is 0 Å². The third-order valence-corrected chi connectivity index (χ3v) is 6.07. The van der Waals surface area contributed by atoms with E-state index < -0.39 is 11.6 Å². The van der Waals surface area contributed by atoms with Gasteiger partial charge in [0, 0.05) is 55.4 Å². The molecule has 9 heteroatoms. The van der Waals surface area contributed by atoms with Crippen molar-refractivity contribution in [1.29, 1.82) is 0 Å². The molecule has 1 aromatic heterocycles. The van der Waals surface area contributed by atoms with Gasteiger partial charge in [-0.25, -0.2) is 13.8 Å². The van der Waals surface area contributed by atoms with Gasteiger partial charge in [-0.05, 0) is 30.3 Å². The van der Waals surface area contributed by atoms with Crippen LogP contribution in [0.1, 0.15) is 16.1 Å². The number of carbonyl (C=O) groups excluding carboxylic acids is 1. The molecule has 4 rings (SSSR count). The second kappa shape index (κ2) is 9.30. The molecule has 0 unspecified atom stereocenters. The zero-order valence-corrected chi connectivity index (χ0v) is 17.8. The average Bonchev–Trinajstić information content (AvgIpc) is 3.29. The minimum atomic E-state index is -0.686. The summed E-state index contributed by atoms with van der Waals surface area (Å²) in [5.41, 5.74) is 1.66. The molecule has 2 heterocycles. The lowest BCUT2D eigenvalue weighted by Crippen LogP contribution is -2.46. The summed E-state index contributed by atoms with van der Waals surface area (Å²) in [6.45, 7) is 3.25. The molecule has 1 fully saturated rings. The van der Waals surface area contributed by atoms with Crippen LogP contribution in [0.15, 0.2) is 47.8 Å². The van der Waals surface area contributed by atoms with Crippen molar-refractivity contribution in [2.24, 2.45) is 0 Å². The van der Waals surface area contributed by atoms with Crippen molar-refractivity contribution in [1.82, 2.24) is 10.3 Å². The van der Waals surface area contributed by atoms with Crippen LogP contribution in [-0.2, 0) is 6.54 Å². The van der Waals surface area contributed by atoms with E-state index in [1.165, 1.54) is 17.4 Å². The average molecular weight is 445 g/mol. The number of halogens is 2. The Morgan fingerprint density at radius 1 is 1.10 bits per heavy atom. The van der Waals surface area contributed by atoms with Crippen LogP contribution in [0.25, 0.3) is 0 Å². The predicted octanol–water partition coefficient (Wildman–Crippen LogP) is 3.69. The first-order valence-electron chi connectivity index (χ1n) is 9.85. The van der Waals surface area contributed by atoms with Crippen molar-refractivity contribution in [2.45, 2.75) is 6.54 Å². The quantitative estimate of drug-likeness (QED) is 0.629. The van der Waals surface area contributed by atoms with Gasteiger partial charge in [-0.3, -0.25) is 4.79 Å². The highest BCUT2D eigenvalue weighted by Gasteiger charge is 2.21. The van der Waals surface area contributed by atoms with Crippen LogP contribution in [0.3, 0.4) is 0 Å². The van der Waals surface area contributed by atoms with E-state index in [1.54, 1.807) is 12.5 Å².